The van der Waals surface area contributed by atoms with Crippen LogP contribution in [0.4, 0.5) is 5.69 Å². The van der Waals surface area contributed by atoms with E-state index in [1.54, 1.807) is 37.3 Å². The Morgan fingerprint density at radius 1 is 0.872 bits per heavy atom. The standard InChI is InChI=1S/C31H39N3O4S/c1-7-25(5)32-31(36)26(6)33(20-27-16-13-22(2)14-17-27)30(35)21-34(28-18-15-23(3)24(4)19-28)39(37,38)29-11-9-8-10-12-29/h8-19,25-26H,7,20-21H2,1-6H3,(H,32,36). The highest BCUT2D eigenvalue weighted by molar-refractivity contribution is 7.92. The van der Waals surface area contributed by atoms with E-state index in [0.717, 1.165) is 33.0 Å². The molecule has 0 bridgehead atoms. The van der Waals surface area contributed by atoms with Crippen LogP contribution in [-0.4, -0.2) is 43.8 Å². The predicted molar refractivity (Wildman–Crippen MR) is 156 cm³/mol. The summed E-state index contributed by atoms with van der Waals surface area (Å²) in [6.45, 7) is 11.1. The van der Waals surface area contributed by atoms with Gasteiger partial charge in [0.25, 0.3) is 10.0 Å². The molecule has 208 valence electrons. The summed E-state index contributed by atoms with van der Waals surface area (Å²) in [5.74, 6) is -0.756. The van der Waals surface area contributed by atoms with E-state index < -0.39 is 28.5 Å². The van der Waals surface area contributed by atoms with Crippen LogP contribution >= 0.6 is 0 Å². The molecule has 0 aliphatic heterocycles. The van der Waals surface area contributed by atoms with Crippen molar-refractivity contribution in [3.8, 4) is 0 Å². The first-order valence-corrected chi connectivity index (χ1v) is 14.7. The van der Waals surface area contributed by atoms with Crippen molar-refractivity contribution >= 4 is 27.5 Å². The number of nitrogens with zero attached hydrogens (tertiary/aromatic N) is 2. The number of anilines is 1. The molecule has 3 aromatic carbocycles. The molecule has 2 amide bonds. The molecule has 39 heavy (non-hydrogen) atoms. The van der Waals surface area contributed by atoms with E-state index >= 15 is 0 Å². The zero-order chi connectivity index (χ0) is 28.7. The van der Waals surface area contributed by atoms with Crippen molar-refractivity contribution in [2.75, 3.05) is 10.8 Å². The molecule has 0 saturated heterocycles. The van der Waals surface area contributed by atoms with Crippen molar-refractivity contribution in [3.05, 3.63) is 95.1 Å². The molecule has 0 aromatic heterocycles. The first-order chi connectivity index (χ1) is 18.4. The number of nitrogens with one attached hydrogen (secondary N) is 1. The van der Waals surface area contributed by atoms with Gasteiger partial charge in [-0.05, 0) is 82.0 Å². The smallest absolute Gasteiger partial charge is 0.264 e. The Kier molecular flexibility index (Phi) is 9.92. The molecule has 0 aliphatic carbocycles. The van der Waals surface area contributed by atoms with Crippen LogP contribution in [0.25, 0.3) is 0 Å². The van der Waals surface area contributed by atoms with Crippen LogP contribution in [0.1, 0.15) is 49.4 Å². The van der Waals surface area contributed by atoms with Crippen LogP contribution in [-0.2, 0) is 26.2 Å². The Hall–Kier alpha value is -3.65. The molecule has 3 aromatic rings. The van der Waals surface area contributed by atoms with E-state index in [2.05, 4.69) is 5.32 Å². The number of sulfonamides is 1. The van der Waals surface area contributed by atoms with Crippen LogP contribution in [0.5, 0.6) is 0 Å². The van der Waals surface area contributed by atoms with Gasteiger partial charge in [-0.1, -0.05) is 61.0 Å². The molecule has 0 saturated carbocycles. The molecule has 0 aliphatic rings. The van der Waals surface area contributed by atoms with Crippen molar-refractivity contribution in [3.63, 3.8) is 0 Å². The number of amides is 2. The SMILES string of the molecule is CCC(C)NC(=O)C(C)N(Cc1ccc(C)cc1)C(=O)CN(c1ccc(C)c(C)c1)S(=O)(=O)c1ccccc1. The molecule has 3 rings (SSSR count). The van der Waals surface area contributed by atoms with Gasteiger partial charge in [-0.3, -0.25) is 13.9 Å². The number of carbonyl (C=O) groups is 2. The first kappa shape index (κ1) is 29.9. The van der Waals surface area contributed by atoms with Crippen LogP contribution < -0.4 is 9.62 Å². The third-order valence-corrected chi connectivity index (χ3v) is 8.82. The third-order valence-electron chi connectivity index (χ3n) is 7.03. The molecule has 2 unspecified atom stereocenters. The monoisotopic (exact) mass is 549 g/mol. The summed E-state index contributed by atoms with van der Waals surface area (Å²) in [5.41, 5.74) is 4.24. The van der Waals surface area contributed by atoms with Gasteiger partial charge in [0.2, 0.25) is 11.8 Å². The highest BCUT2D eigenvalue weighted by Gasteiger charge is 2.32. The van der Waals surface area contributed by atoms with E-state index in [1.807, 2.05) is 65.0 Å². The maximum atomic E-state index is 14.0. The Bertz CT molecular complexity index is 1390. The molecule has 0 fully saturated rings. The van der Waals surface area contributed by atoms with Gasteiger partial charge in [-0.25, -0.2) is 8.42 Å². The summed E-state index contributed by atoms with van der Waals surface area (Å²) in [7, 11) is -4.07. The summed E-state index contributed by atoms with van der Waals surface area (Å²) in [4.78, 5) is 28.6. The van der Waals surface area contributed by atoms with E-state index in [1.165, 1.54) is 17.0 Å². The normalized spacial score (nSPS) is 12.9. The number of carbonyl (C=O) groups excluding carboxylic acids is 2. The zero-order valence-electron chi connectivity index (χ0n) is 23.6. The van der Waals surface area contributed by atoms with Gasteiger partial charge in [0.15, 0.2) is 0 Å². The topological polar surface area (TPSA) is 86.8 Å². The fourth-order valence-electron chi connectivity index (χ4n) is 4.07. The van der Waals surface area contributed by atoms with Gasteiger partial charge in [-0.2, -0.15) is 0 Å². The summed E-state index contributed by atoms with van der Waals surface area (Å²) in [6, 6.07) is 20.2. The van der Waals surface area contributed by atoms with Gasteiger partial charge in [0.05, 0.1) is 10.6 Å². The van der Waals surface area contributed by atoms with E-state index in [9.17, 15) is 18.0 Å². The molecular weight excluding hydrogens is 510 g/mol. The Labute approximate surface area is 232 Å². The highest BCUT2D eigenvalue weighted by atomic mass is 32.2. The average molecular weight is 550 g/mol. The van der Waals surface area contributed by atoms with Crippen LogP contribution in [0.3, 0.4) is 0 Å². The van der Waals surface area contributed by atoms with Gasteiger partial charge in [-0.15, -0.1) is 0 Å². The second-order valence-electron chi connectivity index (χ2n) is 10.1. The molecule has 2 atom stereocenters. The summed E-state index contributed by atoms with van der Waals surface area (Å²) in [6.07, 6.45) is 0.750. The molecule has 0 radical (unpaired) electrons. The molecule has 1 N–H and O–H groups in total. The maximum absolute atomic E-state index is 14.0. The highest BCUT2D eigenvalue weighted by Crippen LogP contribution is 2.26. The molecule has 8 heteroatoms. The third kappa shape index (κ3) is 7.47. The summed E-state index contributed by atoms with van der Waals surface area (Å²) in [5, 5.41) is 2.95. The number of aryl methyl sites for hydroxylation is 3. The van der Waals surface area contributed by atoms with E-state index in [0.29, 0.717) is 5.69 Å². The molecular formula is C31H39N3O4S. The predicted octanol–water partition coefficient (Wildman–Crippen LogP) is 5.14. The molecule has 0 spiro atoms. The van der Waals surface area contributed by atoms with Crippen molar-refractivity contribution in [2.45, 2.75) is 71.5 Å². The van der Waals surface area contributed by atoms with E-state index in [-0.39, 0.29) is 23.4 Å². The summed E-state index contributed by atoms with van der Waals surface area (Å²) >= 11 is 0. The number of rotatable bonds is 11. The Balaban J connectivity index is 2.03. The lowest BCUT2D eigenvalue weighted by Gasteiger charge is -2.32. The molecule has 7 nitrogen and oxygen atoms in total. The second kappa shape index (κ2) is 12.9. The fourth-order valence-corrected chi connectivity index (χ4v) is 5.49. The average Bonchev–Trinajstić information content (AvgIpc) is 2.92. The second-order valence-corrected chi connectivity index (χ2v) is 12.0. The lowest BCUT2D eigenvalue weighted by Crippen LogP contribution is -2.52. The minimum atomic E-state index is -4.07. The Morgan fingerprint density at radius 2 is 1.51 bits per heavy atom. The van der Waals surface area contributed by atoms with Crippen molar-refractivity contribution in [2.24, 2.45) is 0 Å². The van der Waals surface area contributed by atoms with Crippen molar-refractivity contribution < 1.29 is 18.0 Å². The maximum Gasteiger partial charge on any atom is 0.264 e. The van der Waals surface area contributed by atoms with Crippen molar-refractivity contribution in [1.29, 1.82) is 0 Å². The quantitative estimate of drug-likeness (QED) is 0.359. The number of hydrogen-bond acceptors (Lipinski definition) is 4. The largest absolute Gasteiger partial charge is 0.352 e. The van der Waals surface area contributed by atoms with Gasteiger partial charge < -0.3 is 10.2 Å². The number of hydrogen-bond donors (Lipinski definition) is 1. The van der Waals surface area contributed by atoms with Gasteiger partial charge in [0.1, 0.15) is 12.6 Å². The Morgan fingerprint density at radius 3 is 2.10 bits per heavy atom. The van der Waals surface area contributed by atoms with Crippen LogP contribution in [0, 0.1) is 20.8 Å². The lowest BCUT2D eigenvalue weighted by molar-refractivity contribution is -0.139. The first-order valence-electron chi connectivity index (χ1n) is 13.2. The number of benzene rings is 3. The molecule has 0 heterocycles. The summed E-state index contributed by atoms with van der Waals surface area (Å²) < 4.78 is 28.8. The van der Waals surface area contributed by atoms with Crippen molar-refractivity contribution in [1.82, 2.24) is 10.2 Å². The van der Waals surface area contributed by atoms with Gasteiger partial charge >= 0.3 is 0 Å². The van der Waals surface area contributed by atoms with Crippen LogP contribution in [0.2, 0.25) is 0 Å². The zero-order valence-corrected chi connectivity index (χ0v) is 24.5. The van der Waals surface area contributed by atoms with Crippen LogP contribution in [0.15, 0.2) is 77.7 Å². The minimum absolute atomic E-state index is 0.0539. The lowest BCUT2D eigenvalue weighted by atomic mass is 10.1. The minimum Gasteiger partial charge on any atom is -0.352 e. The van der Waals surface area contributed by atoms with Gasteiger partial charge in [0, 0.05) is 12.6 Å². The van der Waals surface area contributed by atoms with E-state index in [4.69, 9.17) is 0 Å². The fraction of sp³-hybridized carbons (Fsp3) is 0.355.